The van der Waals surface area contributed by atoms with Gasteiger partial charge in [0.1, 0.15) is 0 Å². The summed E-state index contributed by atoms with van der Waals surface area (Å²) < 4.78 is 0. The number of hydrogen-bond donors (Lipinski definition) is 1. The van der Waals surface area contributed by atoms with Crippen molar-refractivity contribution < 1.29 is 9.63 Å². The van der Waals surface area contributed by atoms with Gasteiger partial charge in [0.25, 0.3) is 0 Å². The van der Waals surface area contributed by atoms with Gasteiger partial charge in [0, 0.05) is 5.54 Å². The molecule has 4 nitrogen and oxygen atoms in total. The molecule has 122 valence electrons. The number of unbranched alkanes of at least 4 members (excludes halogenated alkanes) is 1. The van der Waals surface area contributed by atoms with E-state index in [1.807, 2.05) is 4.90 Å². The summed E-state index contributed by atoms with van der Waals surface area (Å²) in [6, 6.07) is 6.08. The zero-order valence-corrected chi connectivity index (χ0v) is 14.4. The molecule has 0 fully saturated rings. The molecule has 1 aliphatic rings. The van der Waals surface area contributed by atoms with Crippen LogP contribution in [0.4, 0.5) is 10.5 Å². The molecule has 0 aliphatic carbocycles. The Balaban J connectivity index is 2.28. The average molecular weight is 304 g/mol. The minimum Gasteiger partial charge on any atom is -0.287 e. The van der Waals surface area contributed by atoms with Gasteiger partial charge in [-0.2, -0.15) is 0 Å². The average Bonchev–Trinajstić information content (AvgIpc) is 2.44. The minimum atomic E-state index is -0.239. The number of amides is 2. The van der Waals surface area contributed by atoms with Crippen LogP contribution in [-0.4, -0.2) is 18.2 Å². The second kappa shape index (κ2) is 6.69. The van der Waals surface area contributed by atoms with Gasteiger partial charge < -0.3 is 0 Å². The van der Waals surface area contributed by atoms with E-state index in [2.05, 4.69) is 58.3 Å². The van der Waals surface area contributed by atoms with E-state index < -0.39 is 0 Å². The second-order valence-corrected chi connectivity index (χ2v) is 6.87. The number of rotatable bonds is 4. The molecule has 4 heteroatoms. The lowest BCUT2D eigenvalue weighted by Gasteiger charge is -2.46. The van der Waals surface area contributed by atoms with Crippen LogP contribution in [0.2, 0.25) is 0 Å². The van der Waals surface area contributed by atoms with E-state index in [1.54, 1.807) is 0 Å². The van der Waals surface area contributed by atoms with Crippen molar-refractivity contribution in [2.24, 2.45) is 0 Å². The number of urea groups is 1. The lowest BCUT2D eigenvalue weighted by Crippen LogP contribution is -2.55. The van der Waals surface area contributed by atoms with Crippen molar-refractivity contribution in [2.45, 2.75) is 65.3 Å². The van der Waals surface area contributed by atoms with E-state index in [1.165, 1.54) is 5.56 Å². The van der Waals surface area contributed by atoms with Crippen LogP contribution in [0.5, 0.6) is 0 Å². The molecule has 22 heavy (non-hydrogen) atoms. The van der Waals surface area contributed by atoms with Gasteiger partial charge in [0.2, 0.25) is 0 Å². The van der Waals surface area contributed by atoms with Crippen LogP contribution in [-0.2, 0) is 4.84 Å². The standard InChI is InChI=1S/C18H28N2O2/c1-6-7-11-22-19-17(21)20-16-13(2)9-8-10-15(16)14(3)12-18(20,4)5/h8-10,14H,6-7,11-12H2,1-5H3,(H,19,21). The fraction of sp³-hybridized carbons (Fsp3) is 0.611. The Hall–Kier alpha value is -1.55. The maximum atomic E-state index is 12.7. The third-order valence-electron chi connectivity index (χ3n) is 4.40. The number of anilines is 1. The molecule has 1 heterocycles. The van der Waals surface area contributed by atoms with Crippen molar-refractivity contribution in [1.82, 2.24) is 5.48 Å². The first-order chi connectivity index (χ1) is 10.4. The van der Waals surface area contributed by atoms with Crippen LogP contribution >= 0.6 is 0 Å². The highest BCUT2D eigenvalue weighted by molar-refractivity contribution is 5.95. The predicted octanol–water partition coefficient (Wildman–Crippen LogP) is 4.53. The maximum absolute atomic E-state index is 12.7. The minimum absolute atomic E-state index is 0.177. The summed E-state index contributed by atoms with van der Waals surface area (Å²) in [5.41, 5.74) is 5.77. The number of hydrogen-bond acceptors (Lipinski definition) is 2. The highest BCUT2D eigenvalue weighted by Gasteiger charge is 2.40. The Bertz CT molecular complexity index is 540. The Kier molecular flexibility index (Phi) is 5.12. The number of nitrogens with one attached hydrogen (secondary N) is 1. The molecule has 1 aliphatic heterocycles. The molecule has 0 aromatic heterocycles. The number of hydroxylamine groups is 1. The molecule has 0 radical (unpaired) electrons. The molecule has 1 aromatic carbocycles. The van der Waals surface area contributed by atoms with Crippen molar-refractivity contribution >= 4 is 11.7 Å². The third kappa shape index (κ3) is 3.27. The fourth-order valence-corrected chi connectivity index (χ4v) is 3.39. The molecular weight excluding hydrogens is 276 g/mol. The predicted molar refractivity (Wildman–Crippen MR) is 90.2 cm³/mol. The maximum Gasteiger partial charge on any atom is 0.346 e. The van der Waals surface area contributed by atoms with Gasteiger partial charge in [-0.3, -0.25) is 9.74 Å². The molecule has 0 saturated heterocycles. The monoisotopic (exact) mass is 304 g/mol. The summed E-state index contributed by atoms with van der Waals surface area (Å²) in [6.45, 7) is 11.2. The number of para-hydroxylation sites is 1. The first kappa shape index (κ1) is 16.8. The molecule has 2 rings (SSSR count). The number of nitrogens with zero attached hydrogens (tertiary/aromatic N) is 1. The van der Waals surface area contributed by atoms with Crippen LogP contribution in [0.1, 0.15) is 64.0 Å². The van der Waals surface area contributed by atoms with E-state index in [0.717, 1.165) is 30.5 Å². The van der Waals surface area contributed by atoms with E-state index >= 15 is 0 Å². The summed E-state index contributed by atoms with van der Waals surface area (Å²) in [5, 5.41) is 0. The lowest BCUT2D eigenvalue weighted by atomic mass is 9.79. The van der Waals surface area contributed by atoms with Gasteiger partial charge in [-0.15, -0.1) is 0 Å². The number of aryl methyl sites for hydroxylation is 1. The van der Waals surface area contributed by atoms with Crippen LogP contribution in [0.3, 0.4) is 0 Å². The Labute approximate surface area is 133 Å². The van der Waals surface area contributed by atoms with E-state index in [0.29, 0.717) is 12.5 Å². The van der Waals surface area contributed by atoms with Crippen molar-refractivity contribution in [3.8, 4) is 0 Å². The van der Waals surface area contributed by atoms with Crippen molar-refractivity contribution in [1.29, 1.82) is 0 Å². The summed E-state index contributed by atoms with van der Waals surface area (Å²) in [4.78, 5) is 19.9. The Morgan fingerprint density at radius 3 is 2.86 bits per heavy atom. The quantitative estimate of drug-likeness (QED) is 0.656. The van der Waals surface area contributed by atoms with Crippen LogP contribution in [0, 0.1) is 6.92 Å². The van der Waals surface area contributed by atoms with E-state index in [4.69, 9.17) is 4.84 Å². The van der Waals surface area contributed by atoms with Gasteiger partial charge in [0.15, 0.2) is 0 Å². The normalized spacial score (nSPS) is 19.7. The van der Waals surface area contributed by atoms with Crippen molar-refractivity contribution in [3.05, 3.63) is 29.3 Å². The molecular formula is C18H28N2O2. The molecule has 1 atom stereocenters. The summed E-state index contributed by atoms with van der Waals surface area (Å²) >= 11 is 0. The van der Waals surface area contributed by atoms with Gasteiger partial charge >= 0.3 is 6.03 Å². The molecule has 0 bridgehead atoms. The molecule has 0 saturated carbocycles. The number of fused-ring (bicyclic) bond motifs is 1. The molecule has 1 N–H and O–H groups in total. The Morgan fingerprint density at radius 2 is 2.18 bits per heavy atom. The lowest BCUT2D eigenvalue weighted by molar-refractivity contribution is 0.0596. The van der Waals surface area contributed by atoms with Crippen LogP contribution in [0.25, 0.3) is 0 Å². The SMILES string of the molecule is CCCCONC(=O)N1c2c(C)cccc2C(C)CC1(C)C. The highest BCUT2D eigenvalue weighted by Crippen LogP contribution is 2.44. The van der Waals surface area contributed by atoms with E-state index in [9.17, 15) is 4.79 Å². The first-order valence-electron chi connectivity index (χ1n) is 8.20. The summed E-state index contributed by atoms with van der Waals surface area (Å²) in [5.74, 6) is 0.440. The number of carbonyl (C=O) groups excluding carboxylic acids is 1. The second-order valence-electron chi connectivity index (χ2n) is 6.87. The van der Waals surface area contributed by atoms with E-state index in [-0.39, 0.29) is 11.6 Å². The molecule has 0 spiro atoms. The van der Waals surface area contributed by atoms with Crippen LogP contribution in [0.15, 0.2) is 18.2 Å². The van der Waals surface area contributed by atoms with Crippen LogP contribution < -0.4 is 10.4 Å². The smallest absolute Gasteiger partial charge is 0.287 e. The molecule has 1 unspecified atom stereocenters. The van der Waals surface area contributed by atoms with Gasteiger partial charge in [-0.1, -0.05) is 38.5 Å². The third-order valence-corrected chi connectivity index (χ3v) is 4.40. The Morgan fingerprint density at radius 1 is 1.45 bits per heavy atom. The summed E-state index contributed by atoms with van der Waals surface area (Å²) in [7, 11) is 0. The molecule has 1 aromatic rings. The van der Waals surface area contributed by atoms with Gasteiger partial charge in [-0.25, -0.2) is 10.3 Å². The zero-order chi connectivity index (χ0) is 16.3. The highest BCUT2D eigenvalue weighted by atomic mass is 16.7. The fourth-order valence-electron chi connectivity index (χ4n) is 3.39. The summed E-state index contributed by atoms with van der Waals surface area (Å²) in [6.07, 6.45) is 2.92. The van der Waals surface area contributed by atoms with Gasteiger partial charge in [-0.05, 0) is 50.7 Å². The van der Waals surface area contributed by atoms with Crippen molar-refractivity contribution in [2.75, 3.05) is 11.5 Å². The van der Waals surface area contributed by atoms with Crippen molar-refractivity contribution in [3.63, 3.8) is 0 Å². The number of carbonyl (C=O) groups is 1. The number of benzene rings is 1. The topological polar surface area (TPSA) is 41.6 Å². The molecule has 2 amide bonds. The van der Waals surface area contributed by atoms with Gasteiger partial charge in [0.05, 0.1) is 12.3 Å². The largest absolute Gasteiger partial charge is 0.346 e. The first-order valence-corrected chi connectivity index (χ1v) is 8.20. The zero-order valence-electron chi connectivity index (χ0n) is 14.4.